The minimum absolute atomic E-state index is 0.0739. The SMILES string of the molecule is CNS(=O)(=O)c1cc(C(=O)N[C@@H](C)c2cc(C)c(C)cc2C)ccc1OC. The van der Waals surface area contributed by atoms with Crippen LogP contribution in [0.5, 0.6) is 5.75 Å². The molecule has 1 atom stereocenters. The largest absolute Gasteiger partial charge is 0.495 e. The van der Waals surface area contributed by atoms with Gasteiger partial charge in [0.1, 0.15) is 10.6 Å². The molecule has 0 aromatic heterocycles. The van der Waals surface area contributed by atoms with Crippen LogP contribution in [0.25, 0.3) is 0 Å². The fourth-order valence-electron chi connectivity index (χ4n) is 2.94. The third kappa shape index (κ3) is 4.48. The standard InChI is InChI=1S/C20H26N2O4S/c1-12-9-14(3)17(10-13(12)2)15(4)22-20(23)16-7-8-18(26-6)19(11-16)27(24,25)21-5/h7-11,15,21H,1-6H3,(H,22,23)/t15-/m0/s1. The van der Waals surface area contributed by atoms with E-state index in [1.807, 2.05) is 20.8 Å². The highest BCUT2D eigenvalue weighted by Crippen LogP contribution is 2.26. The summed E-state index contributed by atoms with van der Waals surface area (Å²) in [5.41, 5.74) is 4.73. The molecule has 146 valence electrons. The summed E-state index contributed by atoms with van der Waals surface area (Å²) in [6.45, 7) is 8.00. The summed E-state index contributed by atoms with van der Waals surface area (Å²) in [6, 6.07) is 8.29. The molecule has 0 unspecified atom stereocenters. The van der Waals surface area contributed by atoms with E-state index in [4.69, 9.17) is 4.74 Å². The molecule has 2 rings (SSSR count). The molecule has 0 aliphatic rings. The van der Waals surface area contributed by atoms with Crippen LogP contribution >= 0.6 is 0 Å². The molecule has 0 heterocycles. The lowest BCUT2D eigenvalue weighted by Gasteiger charge is -2.19. The highest BCUT2D eigenvalue weighted by Gasteiger charge is 2.21. The summed E-state index contributed by atoms with van der Waals surface area (Å²) in [4.78, 5) is 12.6. The van der Waals surface area contributed by atoms with Crippen LogP contribution in [0.2, 0.25) is 0 Å². The van der Waals surface area contributed by atoms with Gasteiger partial charge < -0.3 is 10.1 Å². The molecule has 0 aliphatic heterocycles. The lowest BCUT2D eigenvalue weighted by Crippen LogP contribution is -2.28. The van der Waals surface area contributed by atoms with Gasteiger partial charge in [0.15, 0.2) is 0 Å². The van der Waals surface area contributed by atoms with Gasteiger partial charge in [-0.15, -0.1) is 0 Å². The van der Waals surface area contributed by atoms with Crippen molar-refractivity contribution in [1.29, 1.82) is 0 Å². The van der Waals surface area contributed by atoms with Crippen molar-refractivity contribution in [2.75, 3.05) is 14.2 Å². The van der Waals surface area contributed by atoms with Crippen molar-refractivity contribution in [2.24, 2.45) is 0 Å². The molecule has 0 fully saturated rings. The maximum Gasteiger partial charge on any atom is 0.251 e. The van der Waals surface area contributed by atoms with E-state index in [1.54, 1.807) is 6.07 Å². The first-order chi connectivity index (χ1) is 12.6. The van der Waals surface area contributed by atoms with Crippen molar-refractivity contribution >= 4 is 15.9 Å². The number of ether oxygens (including phenoxy) is 1. The molecule has 0 saturated heterocycles. The van der Waals surface area contributed by atoms with Crippen LogP contribution in [-0.4, -0.2) is 28.5 Å². The average Bonchev–Trinajstić information content (AvgIpc) is 2.63. The number of hydrogen-bond donors (Lipinski definition) is 2. The van der Waals surface area contributed by atoms with Crippen LogP contribution in [0, 0.1) is 20.8 Å². The van der Waals surface area contributed by atoms with Gasteiger partial charge in [-0.1, -0.05) is 12.1 Å². The van der Waals surface area contributed by atoms with Crippen LogP contribution < -0.4 is 14.8 Å². The van der Waals surface area contributed by atoms with E-state index < -0.39 is 10.0 Å². The molecule has 6 nitrogen and oxygen atoms in total. The lowest BCUT2D eigenvalue weighted by atomic mass is 9.96. The van der Waals surface area contributed by atoms with Gasteiger partial charge in [0.05, 0.1) is 13.2 Å². The molecule has 0 spiro atoms. The maximum absolute atomic E-state index is 12.7. The third-order valence-electron chi connectivity index (χ3n) is 4.68. The second kappa shape index (κ2) is 8.10. The van der Waals surface area contributed by atoms with E-state index in [0.717, 1.165) is 16.7 Å². The maximum atomic E-state index is 12.7. The molecule has 2 N–H and O–H groups in total. The molecule has 0 bridgehead atoms. The zero-order chi connectivity index (χ0) is 20.4. The Hall–Kier alpha value is -2.38. The highest BCUT2D eigenvalue weighted by molar-refractivity contribution is 7.89. The summed E-state index contributed by atoms with van der Waals surface area (Å²) in [7, 11) is -1.05. The second-order valence-corrected chi connectivity index (χ2v) is 8.42. The molecule has 2 aromatic carbocycles. The fraction of sp³-hybridized carbons (Fsp3) is 0.350. The molecular formula is C20H26N2O4S. The van der Waals surface area contributed by atoms with Crippen molar-refractivity contribution in [3.05, 3.63) is 58.1 Å². The monoisotopic (exact) mass is 390 g/mol. The fourth-order valence-corrected chi connectivity index (χ4v) is 3.86. The van der Waals surface area contributed by atoms with E-state index in [9.17, 15) is 13.2 Å². The summed E-state index contributed by atoms with van der Waals surface area (Å²) in [5.74, 6) is -0.172. The van der Waals surface area contributed by atoms with Crippen molar-refractivity contribution in [3.8, 4) is 5.75 Å². The van der Waals surface area contributed by atoms with Crippen molar-refractivity contribution in [1.82, 2.24) is 10.0 Å². The molecule has 1 amide bonds. The van der Waals surface area contributed by atoms with E-state index in [1.165, 1.54) is 31.9 Å². The molecule has 0 radical (unpaired) electrons. The Kier molecular flexibility index (Phi) is 6.28. The van der Waals surface area contributed by atoms with Gasteiger partial charge in [-0.25, -0.2) is 13.1 Å². The third-order valence-corrected chi connectivity index (χ3v) is 6.12. The zero-order valence-electron chi connectivity index (χ0n) is 16.5. The number of carbonyl (C=O) groups excluding carboxylic acids is 1. The molecular weight excluding hydrogens is 364 g/mol. The van der Waals surface area contributed by atoms with Crippen molar-refractivity contribution in [2.45, 2.75) is 38.6 Å². The van der Waals surface area contributed by atoms with Gasteiger partial charge >= 0.3 is 0 Å². The number of sulfonamides is 1. The van der Waals surface area contributed by atoms with Gasteiger partial charge in [-0.05, 0) is 75.2 Å². The molecule has 0 saturated carbocycles. The number of amides is 1. The Morgan fingerprint density at radius 3 is 2.26 bits per heavy atom. The Bertz CT molecular complexity index is 968. The van der Waals surface area contributed by atoms with Gasteiger partial charge in [0.2, 0.25) is 10.0 Å². The lowest BCUT2D eigenvalue weighted by molar-refractivity contribution is 0.0939. The molecule has 0 aliphatic carbocycles. The van der Waals surface area contributed by atoms with E-state index in [-0.39, 0.29) is 28.2 Å². The first-order valence-electron chi connectivity index (χ1n) is 8.61. The van der Waals surface area contributed by atoms with Gasteiger partial charge in [-0.3, -0.25) is 4.79 Å². The zero-order valence-corrected chi connectivity index (χ0v) is 17.3. The molecule has 7 heteroatoms. The molecule has 2 aromatic rings. The van der Waals surface area contributed by atoms with E-state index >= 15 is 0 Å². The number of benzene rings is 2. The summed E-state index contributed by atoms with van der Waals surface area (Å²) in [6.07, 6.45) is 0. The number of hydrogen-bond acceptors (Lipinski definition) is 4. The average molecular weight is 391 g/mol. The Morgan fingerprint density at radius 2 is 1.67 bits per heavy atom. The smallest absolute Gasteiger partial charge is 0.251 e. The Balaban J connectivity index is 2.33. The van der Waals surface area contributed by atoms with Gasteiger partial charge in [0, 0.05) is 5.56 Å². The Labute approximate surface area is 161 Å². The predicted octanol–water partition coefficient (Wildman–Crippen LogP) is 3.02. The number of nitrogens with one attached hydrogen (secondary N) is 2. The first-order valence-corrected chi connectivity index (χ1v) is 10.1. The van der Waals surface area contributed by atoms with Crippen LogP contribution in [0.1, 0.15) is 45.6 Å². The summed E-state index contributed by atoms with van der Waals surface area (Å²) < 4.78 is 31.7. The Morgan fingerprint density at radius 1 is 1.04 bits per heavy atom. The summed E-state index contributed by atoms with van der Waals surface area (Å²) >= 11 is 0. The van der Waals surface area contributed by atoms with Crippen molar-refractivity contribution < 1.29 is 17.9 Å². The van der Waals surface area contributed by atoms with Crippen LogP contribution in [0.3, 0.4) is 0 Å². The number of carbonyl (C=O) groups is 1. The van der Waals surface area contributed by atoms with Crippen molar-refractivity contribution in [3.63, 3.8) is 0 Å². The number of methoxy groups -OCH3 is 1. The highest BCUT2D eigenvalue weighted by atomic mass is 32.2. The minimum Gasteiger partial charge on any atom is -0.495 e. The number of rotatable bonds is 6. The van der Waals surface area contributed by atoms with Crippen LogP contribution in [0.15, 0.2) is 35.2 Å². The van der Waals surface area contributed by atoms with E-state index in [0.29, 0.717) is 0 Å². The van der Waals surface area contributed by atoms with Crippen LogP contribution in [0.4, 0.5) is 0 Å². The van der Waals surface area contributed by atoms with E-state index in [2.05, 4.69) is 29.1 Å². The van der Waals surface area contributed by atoms with Gasteiger partial charge in [0.25, 0.3) is 5.91 Å². The topological polar surface area (TPSA) is 84.5 Å². The quantitative estimate of drug-likeness (QED) is 0.794. The summed E-state index contributed by atoms with van der Waals surface area (Å²) in [5, 5.41) is 2.94. The second-order valence-electron chi connectivity index (χ2n) is 6.56. The van der Waals surface area contributed by atoms with Gasteiger partial charge in [-0.2, -0.15) is 0 Å². The predicted molar refractivity (Wildman–Crippen MR) is 106 cm³/mol. The number of aryl methyl sites for hydroxylation is 3. The minimum atomic E-state index is -3.75. The first kappa shape index (κ1) is 20.9. The van der Waals surface area contributed by atoms with Crippen LogP contribution in [-0.2, 0) is 10.0 Å². The molecule has 27 heavy (non-hydrogen) atoms. The normalized spacial score (nSPS) is 12.5.